The summed E-state index contributed by atoms with van der Waals surface area (Å²) < 4.78 is 232. The fourth-order valence-electron chi connectivity index (χ4n) is 2.65. The van der Waals surface area contributed by atoms with Crippen LogP contribution in [0.5, 0.6) is 0 Å². The number of esters is 1. The van der Waals surface area contributed by atoms with Crippen LogP contribution < -0.4 is 0 Å². The molecule has 0 unspecified atom stereocenters. The number of morpholine rings is 1. The first-order valence-electron chi connectivity index (χ1n) is 9.39. The molecule has 1 fully saturated rings. The minimum absolute atomic E-state index is 0.0854. The first kappa shape index (κ1) is 33.2. The van der Waals surface area contributed by atoms with Crippen molar-refractivity contribution in [3.05, 3.63) is 0 Å². The van der Waals surface area contributed by atoms with Crippen molar-refractivity contribution in [1.82, 2.24) is 4.90 Å². The second-order valence-corrected chi connectivity index (χ2v) is 7.55. The Balaban J connectivity index is 3.17. The number of halogens is 17. The van der Waals surface area contributed by atoms with Crippen LogP contribution in [0.2, 0.25) is 0 Å². The summed E-state index contributed by atoms with van der Waals surface area (Å²) in [6.07, 6.45) is -12.5. The van der Waals surface area contributed by atoms with Crippen LogP contribution in [-0.4, -0.2) is 98.0 Å². The zero-order valence-electron chi connectivity index (χ0n) is 17.5. The van der Waals surface area contributed by atoms with Crippen LogP contribution >= 0.6 is 0 Å². The Hall–Kier alpha value is -1.80. The minimum Gasteiger partial charge on any atom is -0.460 e. The summed E-state index contributed by atoms with van der Waals surface area (Å²) in [5, 5.41) is 0. The second-order valence-electron chi connectivity index (χ2n) is 7.55. The normalized spacial score (nSPS) is 18.2. The molecule has 0 aromatic rings. The highest BCUT2D eigenvalue weighted by molar-refractivity contribution is 5.79. The van der Waals surface area contributed by atoms with Crippen LogP contribution in [0.3, 0.4) is 0 Å². The predicted molar refractivity (Wildman–Crippen MR) is 83.5 cm³/mol. The van der Waals surface area contributed by atoms with Gasteiger partial charge in [-0.15, -0.1) is 0 Å². The van der Waals surface area contributed by atoms with E-state index in [1.54, 1.807) is 0 Å². The standard InChI is InChI=1S/C16H14F17NO3/c17-9(18,7-10(19,20)13(25,26)15(29,30)16(31,32)33)12(23,24)14(27,28)11(21,22)8(35)37-6-3-34-1-4-36-5-2-34/h1-7H2. The van der Waals surface area contributed by atoms with E-state index in [-0.39, 0.29) is 26.3 Å². The van der Waals surface area contributed by atoms with Gasteiger partial charge in [0.1, 0.15) is 6.61 Å². The molecule has 0 amide bonds. The largest absolute Gasteiger partial charge is 0.460 e. The highest BCUT2D eigenvalue weighted by atomic mass is 19.4. The molecule has 1 saturated heterocycles. The first-order chi connectivity index (χ1) is 16.2. The SMILES string of the molecule is O=C(OCCN1CCOCC1)C(F)(F)C(F)(F)C(F)(F)C(F)(F)CC(F)(F)C(F)(F)C(F)(F)C(F)(F)F. The predicted octanol–water partition coefficient (Wildman–Crippen LogP) is 5.26. The molecule has 4 nitrogen and oxygen atoms in total. The zero-order chi connectivity index (χ0) is 29.5. The van der Waals surface area contributed by atoms with Gasteiger partial charge in [-0.3, -0.25) is 4.90 Å². The van der Waals surface area contributed by atoms with Crippen molar-refractivity contribution in [2.75, 3.05) is 39.5 Å². The number of alkyl halides is 17. The van der Waals surface area contributed by atoms with Gasteiger partial charge in [0.05, 0.1) is 19.6 Å². The van der Waals surface area contributed by atoms with Crippen molar-refractivity contribution >= 4 is 5.97 Å². The Morgan fingerprint density at radius 1 is 0.649 bits per heavy atom. The molecule has 1 aliphatic rings. The maximum absolute atomic E-state index is 13.7. The monoisotopic (exact) mass is 591 g/mol. The third-order valence-electron chi connectivity index (χ3n) is 4.90. The summed E-state index contributed by atoms with van der Waals surface area (Å²) in [6.45, 7) is -1.34. The van der Waals surface area contributed by atoms with E-state index in [1.807, 2.05) is 0 Å². The number of hydrogen-bond donors (Lipinski definition) is 0. The van der Waals surface area contributed by atoms with Crippen molar-refractivity contribution in [2.45, 2.75) is 54.1 Å². The third-order valence-corrected chi connectivity index (χ3v) is 4.90. The van der Waals surface area contributed by atoms with Crippen LogP contribution in [-0.2, 0) is 14.3 Å². The van der Waals surface area contributed by atoms with Gasteiger partial charge in [-0.2, -0.15) is 74.6 Å². The van der Waals surface area contributed by atoms with Crippen LogP contribution in [0.4, 0.5) is 74.6 Å². The lowest BCUT2D eigenvalue weighted by molar-refractivity contribution is -0.412. The molecular weight excluding hydrogens is 577 g/mol. The summed E-state index contributed by atoms with van der Waals surface area (Å²) >= 11 is 0. The molecule has 0 N–H and O–H groups in total. The molecule has 1 rings (SSSR count). The molecule has 0 spiro atoms. The molecule has 0 aromatic heterocycles. The third kappa shape index (κ3) is 5.80. The van der Waals surface area contributed by atoms with Gasteiger partial charge in [-0.05, 0) is 0 Å². The van der Waals surface area contributed by atoms with Crippen LogP contribution in [0.1, 0.15) is 6.42 Å². The Morgan fingerprint density at radius 2 is 1.05 bits per heavy atom. The Bertz CT molecular complexity index is 805. The van der Waals surface area contributed by atoms with Crippen molar-refractivity contribution in [3.8, 4) is 0 Å². The molecule has 1 aliphatic heterocycles. The summed E-state index contributed by atoms with van der Waals surface area (Å²) in [7, 11) is 0. The maximum Gasteiger partial charge on any atom is 0.460 e. The van der Waals surface area contributed by atoms with Gasteiger partial charge < -0.3 is 9.47 Å². The number of rotatable bonds is 11. The molecule has 0 atom stereocenters. The average molecular weight is 591 g/mol. The molecule has 1 heterocycles. The van der Waals surface area contributed by atoms with Gasteiger partial charge in [0, 0.05) is 19.6 Å². The molecule has 21 heteroatoms. The lowest BCUT2D eigenvalue weighted by atomic mass is 9.91. The van der Waals surface area contributed by atoms with Gasteiger partial charge in [0.15, 0.2) is 0 Å². The molecule has 0 aromatic carbocycles. The summed E-state index contributed by atoms with van der Waals surface area (Å²) in [6, 6.07) is 0. The fraction of sp³-hybridized carbons (Fsp3) is 0.938. The number of hydrogen-bond acceptors (Lipinski definition) is 4. The fourth-order valence-corrected chi connectivity index (χ4v) is 2.65. The topological polar surface area (TPSA) is 38.8 Å². The maximum atomic E-state index is 13.7. The molecule has 0 saturated carbocycles. The highest BCUT2D eigenvalue weighted by Crippen LogP contribution is 2.60. The molecule has 0 bridgehead atoms. The highest BCUT2D eigenvalue weighted by Gasteiger charge is 2.87. The summed E-state index contributed by atoms with van der Waals surface area (Å²) in [5.74, 6) is -57.1. The van der Waals surface area contributed by atoms with Crippen LogP contribution in [0.15, 0.2) is 0 Å². The van der Waals surface area contributed by atoms with Crippen molar-refractivity contribution in [2.24, 2.45) is 0 Å². The van der Waals surface area contributed by atoms with Gasteiger partial charge in [-0.25, -0.2) is 4.79 Å². The lowest BCUT2D eigenvalue weighted by Gasteiger charge is -2.39. The van der Waals surface area contributed by atoms with E-state index in [9.17, 15) is 79.4 Å². The average Bonchev–Trinajstić information content (AvgIpc) is 2.72. The van der Waals surface area contributed by atoms with E-state index >= 15 is 0 Å². The lowest BCUT2D eigenvalue weighted by Crippen LogP contribution is -2.67. The first-order valence-corrected chi connectivity index (χ1v) is 9.39. The Morgan fingerprint density at radius 3 is 1.46 bits per heavy atom. The van der Waals surface area contributed by atoms with Gasteiger partial charge in [-0.1, -0.05) is 0 Å². The quantitative estimate of drug-likeness (QED) is 0.243. The van der Waals surface area contributed by atoms with E-state index in [0.29, 0.717) is 0 Å². The zero-order valence-corrected chi connectivity index (χ0v) is 17.5. The number of ether oxygens (including phenoxy) is 2. The smallest absolute Gasteiger partial charge is 0.460 e. The summed E-state index contributed by atoms with van der Waals surface area (Å²) in [5.41, 5.74) is 0. The van der Waals surface area contributed by atoms with E-state index in [0.717, 1.165) is 0 Å². The van der Waals surface area contributed by atoms with E-state index < -0.39 is 73.2 Å². The van der Waals surface area contributed by atoms with E-state index in [4.69, 9.17) is 4.74 Å². The van der Waals surface area contributed by atoms with Crippen molar-refractivity contribution in [1.29, 1.82) is 0 Å². The number of carbonyl (C=O) groups excluding carboxylic acids is 1. The van der Waals surface area contributed by atoms with E-state index in [2.05, 4.69) is 4.74 Å². The Labute approximate surface area is 194 Å². The molecular formula is C16H14F17NO3. The van der Waals surface area contributed by atoms with E-state index in [1.165, 1.54) is 4.90 Å². The number of nitrogens with zero attached hydrogens (tertiary/aromatic N) is 1. The van der Waals surface area contributed by atoms with Crippen molar-refractivity contribution in [3.63, 3.8) is 0 Å². The molecule has 0 radical (unpaired) electrons. The van der Waals surface area contributed by atoms with Gasteiger partial charge >= 0.3 is 53.6 Å². The molecule has 220 valence electrons. The second kappa shape index (κ2) is 10.1. The van der Waals surface area contributed by atoms with Crippen molar-refractivity contribution < 1.29 is 88.9 Å². The molecule has 37 heavy (non-hydrogen) atoms. The number of carbonyl (C=O) groups is 1. The summed E-state index contributed by atoms with van der Waals surface area (Å²) in [4.78, 5) is 12.6. The minimum atomic E-state index is -7.95. The van der Waals surface area contributed by atoms with Gasteiger partial charge in [0.2, 0.25) is 0 Å². The Kier molecular flexibility index (Phi) is 9.04. The van der Waals surface area contributed by atoms with Crippen LogP contribution in [0.25, 0.3) is 0 Å². The van der Waals surface area contributed by atoms with Crippen LogP contribution in [0, 0.1) is 0 Å². The molecule has 0 aliphatic carbocycles. The van der Waals surface area contributed by atoms with Gasteiger partial charge in [0.25, 0.3) is 0 Å².